The Kier molecular flexibility index (Phi) is 4.81. The van der Waals surface area contributed by atoms with Crippen molar-refractivity contribution in [1.29, 1.82) is 0 Å². The standard InChI is InChI=1S/C17H14FNO6S/c1-23-17(20)16(26(21,22)13-5-2-11(18)3-6-13)9-19-12-4-7-14-15(8-12)25-10-24-14/h2-9,19H,10H2,1H3. The van der Waals surface area contributed by atoms with Crippen molar-refractivity contribution in [2.24, 2.45) is 0 Å². The first-order valence-electron chi connectivity index (χ1n) is 7.37. The maximum Gasteiger partial charge on any atom is 0.351 e. The Bertz CT molecular complexity index is 969. The highest BCUT2D eigenvalue weighted by Gasteiger charge is 2.28. The quantitative estimate of drug-likeness (QED) is 0.485. The molecule has 2 aromatic rings. The van der Waals surface area contributed by atoms with E-state index in [1.54, 1.807) is 18.2 Å². The van der Waals surface area contributed by atoms with E-state index in [4.69, 9.17) is 9.47 Å². The zero-order valence-electron chi connectivity index (χ0n) is 13.6. The molecule has 0 unspecified atom stereocenters. The fourth-order valence-electron chi connectivity index (χ4n) is 2.22. The van der Waals surface area contributed by atoms with Gasteiger partial charge in [-0.25, -0.2) is 17.6 Å². The molecule has 0 saturated carbocycles. The second-order valence-corrected chi connectivity index (χ2v) is 7.09. The van der Waals surface area contributed by atoms with E-state index < -0.39 is 26.5 Å². The zero-order chi connectivity index (χ0) is 18.7. The second-order valence-electron chi connectivity index (χ2n) is 5.17. The van der Waals surface area contributed by atoms with Gasteiger partial charge in [-0.1, -0.05) is 0 Å². The predicted molar refractivity (Wildman–Crippen MR) is 89.9 cm³/mol. The third-order valence-corrected chi connectivity index (χ3v) is 5.30. The largest absolute Gasteiger partial charge is 0.465 e. The SMILES string of the molecule is COC(=O)C(=CNc1ccc2c(c1)OCO2)S(=O)(=O)c1ccc(F)cc1. The van der Waals surface area contributed by atoms with Gasteiger partial charge in [0, 0.05) is 18.0 Å². The molecule has 1 aliphatic heterocycles. The topological polar surface area (TPSA) is 90.9 Å². The summed E-state index contributed by atoms with van der Waals surface area (Å²) < 4.78 is 53.4. The number of benzene rings is 2. The molecule has 0 fully saturated rings. The van der Waals surface area contributed by atoms with Gasteiger partial charge >= 0.3 is 5.97 Å². The lowest BCUT2D eigenvalue weighted by Gasteiger charge is -2.09. The lowest BCUT2D eigenvalue weighted by molar-refractivity contribution is -0.135. The maximum absolute atomic E-state index is 13.0. The average Bonchev–Trinajstić information content (AvgIpc) is 3.09. The molecule has 0 bridgehead atoms. The number of nitrogens with one attached hydrogen (secondary N) is 1. The van der Waals surface area contributed by atoms with Gasteiger partial charge in [0.15, 0.2) is 16.4 Å². The van der Waals surface area contributed by atoms with Crippen LogP contribution in [0.2, 0.25) is 0 Å². The minimum absolute atomic E-state index is 0.0982. The first-order valence-corrected chi connectivity index (χ1v) is 8.85. The number of carbonyl (C=O) groups excluding carboxylic acids is 1. The molecule has 3 rings (SSSR count). The molecule has 0 saturated heterocycles. The van der Waals surface area contributed by atoms with Crippen molar-refractivity contribution < 1.29 is 31.8 Å². The number of fused-ring (bicyclic) bond motifs is 1. The summed E-state index contributed by atoms with van der Waals surface area (Å²) in [6.45, 7) is 0.0982. The number of halogens is 1. The van der Waals surface area contributed by atoms with Gasteiger partial charge in [0.2, 0.25) is 16.6 Å². The van der Waals surface area contributed by atoms with E-state index in [1.807, 2.05) is 0 Å². The molecule has 0 spiro atoms. The molecular weight excluding hydrogens is 365 g/mol. The van der Waals surface area contributed by atoms with Crippen LogP contribution in [0.4, 0.5) is 10.1 Å². The van der Waals surface area contributed by atoms with Crippen LogP contribution in [0.1, 0.15) is 0 Å². The number of carbonyl (C=O) groups is 1. The van der Waals surface area contributed by atoms with Crippen molar-refractivity contribution in [2.75, 3.05) is 19.2 Å². The highest BCUT2D eigenvalue weighted by atomic mass is 32.2. The molecule has 0 amide bonds. The summed E-state index contributed by atoms with van der Waals surface area (Å²) in [4.78, 5) is 11.1. The molecule has 1 N–H and O–H groups in total. The molecule has 7 nitrogen and oxygen atoms in total. The van der Waals surface area contributed by atoms with Gasteiger partial charge in [-0.2, -0.15) is 0 Å². The summed E-state index contributed by atoms with van der Waals surface area (Å²) in [6, 6.07) is 9.00. The lowest BCUT2D eigenvalue weighted by atomic mass is 10.3. The molecule has 1 aliphatic rings. The highest BCUT2D eigenvalue weighted by molar-refractivity contribution is 7.96. The van der Waals surface area contributed by atoms with Crippen LogP contribution in [0.3, 0.4) is 0 Å². The van der Waals surface area contributed by atoms with Crippen LogP contribution in [0.15, 0.2) is 58.5 Å². The molecule has 0 aromatic heterocycles. The monoisotopic (exact) mass is 379 g/mol. The summed E-state index contributed by atoms with van der Waals surface area (Å²) in [5.41, 5.74) is 0.477. The molecule has 26 heavy (non-hydrogen) atoms. The van der Waals surface area contributed by atoms with E-state index in [-0.39, 0.29) is 11.7 Å². The Hall–Kier alpha value is -3.07. The van der Waals surface area contributed by atoms with Gasteiger partial charge in [-0.15, -0.1) is 0 Å². The fourth-order valence-corrected chi connectivity index (χ4v) is 3.49. The second kappa shape index (κ2) is 7.04. The summed E-state index contributed by atoms with van der Waals surface area (Å²) in [6.07, 6.45) is 1.02. The van der Waals surface area contributed by atoms with Gasteiger partial charge in [0.05, 0.1) is 12.0 Å². The van der Waals surface area contributed by atoms with E-state index in [0.717, 1.165) is 37.6 Å². The number of ether oxygens (including phenoxy) is 3. The molecule has 0 atom stereocenters. The van der Waals surface area contributed by atoms with Crippen LogP contribution in [0, 0.1) is 5.82 Å². The number of hydrogen-bond donors (Lipinski definition) is 1. The Morgan fingerprint density at radius 3 is 2.54 bits per heavy atom. The number of esters is 1. The van der Waals surface area contributed by atoms with Crippen LogP contribution in [0.5, 0.6) is 11.5 Å². The summed E-state index contributed by atoms with van der Waals surface area (Å²) in [5, 5.41) is 2.73. The smallest absolute Gasteiger partial charge is 0.351 e. The predicted octanol–water partition coefficient (Wildman–Crippen LogP) is 2.45. The van der Waals surface area contributed by atoms with Crippen LogP contribution in [0.25, 0.3) is 0 Å². The van der Waals surface area contributed by atoms with Crippen LogP contribution >= 0.6 is 0 Å². The van der Waals surface area contributed by atoms with Gasteiger partial charge in [0.1, 0.15) is 5.82 Å². The Morgan fingerprint density at radius 1 is 1.15 bits per heavy atom. The van der Waals surface area contributed by atoms with E-state index in [1.165, 1.54) is 0 Å². The first-order chi connectivity index (χ1) is 12.4. The normalized spacial score (nSPS) is 13.4. The number of rotatable bonds is 5. The maximum atomic E-state index is 13.0. The van der Waals surface area contributed by atoms with E-state index in [0.29, 0.717) is 17.2 Å². The van der Waals surface area contributed by atoms with Gasteiger partial charge < -0.3 is 19.5 Å². The molecule has 136 valence electrons. The van der Waals surface area contributed by atoms with Crippen LogP contribution in [-0.2, 0) is 19.4 Å². The summed E-state index contributed by atoms with van der Waals surface area (Å²) >= 11 is 0. The third-order valence-electron chi connectivity index (χ3n) is 3.54. The van der Waals surface area contributed by atoms with Crippen molar-refractivity contribution in [2.45, 2.75) is 4.90 Å². The number of sulfone groups is 1. The molecule has 1 heterocycles. The highest BCUT2D eigenvalue weighted by Crippen LogP contribution is 2.34. The van der Waals surface area contributed by atoms with Crippen molar-refractivity contribution in [1.82, 2.24) is 0 Å². The molecule has 0 radical (unpaired) electrons. The Labute approximate surface area is 148 Å². The zero-order valence-corrected chi connectivity index (χ0v) is 14.4. The van der Waals surface area contributed by atoms with Crippen molar-refractivity contribution in [3.05, 3.63) is 59.4 Å². The van der Waals surface area contributed by atoms with Gasteiger partial charge in [-0.3, -0.25) is 0 Å². The first kappa shape index (κ1) is 17.7. The molecule has 9 heteroatoms. The number of hydrogen-bond acceptors (Lipinski definition) is 7. The van der Waals surface area contributed by atoms with Crippen molar-refractivity contribution >= 4 is 21.5 Å². The van der Waals surface area contributed by atoms with Gasteiger partial charge in [-0.05, 0) is 36.4 Å². The minimum atomic E-state index is -4.21. The summed E-state index contributed by atoms with van der Waals surface area (Å²) in [5.74, 6) is -0.593. The summed E-state index contributed by atoms with van der Waals surface area (Å²) in [7, 11) is -3.14. The van der Waals surface area contributed by atoms with Crippen LogP contribution in [-0.4, -0.2) is 28.3 Å². The van der Waals surface area contributed by atoms with Crippen LogP contribution < -0.4 is 14.8 Å². The Morgan fingerprint density at radius 2 is 1.85 bits per heavy atom. The number of methoxy groups -OCH3 is 1. The number of anilines is 1. The van der Waals surface area contributed by atoms with Crippen molar-refractivity contribution in [3.63, 3.8) is 0 Å². The van der Waals surface area contributed by atoms with E-state index >= 15 is 0 Å². The average molecular weight is 379 g/mol. The third kappa shape index (κ3) is 3.47. The van der Waals surface area contributed by atoms with Crippen molar-refractivity contribution in [3.8, 4) is 11.5 Å². The van der Waals surface area contributed by atoms with E-state index in [9.17, 15) is 17.6 Å². The Balaban J connectivity index is 1.94. The fraction of sp³-hybridized carbons (Fsp3) is 0.118. The molecule has 2 aromatic carbocycles. The minimum Gasteiger partial charge on any atom is -0.465 e. The van der Waals surface area contributed by atoms with Gasteiger partial charge in [0.25, 0.3) is 0 Å². The lowest BCUT2D eigenvalue weighted by Crippen LogP contribution is -2.17. The molecule has 0 aliphatic carbocycles. The van der Waals surface area contributed by atoms with E-state index in [2.05, 4.69) is 10.1 Å². The molecular formula is C17H14FNO6S.